The lowest BCUT2D eigenvalue weighted by Gasteiger charge is -2.22. The Morgan fingerprint density at radius 1 is 1.17 bits per heavy atom. The lowest BCUT2D eigenvalue weighted by Crippen LogP contribution is -2.43. The third-order valence-electron chi connectivity index (χ3n) is 4.64. The van der Waals surface area contributed by atoms with Crippen LogP contribution in [0, 0.1) is 0 Å². The topological polar surface area (TPSA) is 87.7 Å². The van der Waals surface area contributed by atoms with E-state index in [-0.39, 0.29) is 12.3 Å². The molecule has 0 saturated carbocycles. The van der Waals surface area contributed by atoms with Gasteiger partial charge >= 0.3 is 12.6 Å². The Labute approximate surface area is 175 Å². The van der Waals surface area contributed by atoms with Gasteiger partial charge in [0.25, 0.3) is 5.91 Å². The van der Waals surface area contributed by atoms with Crippen molar-refractivity contribution >= 4 is 29.4 Å². The normalized spacial score (nSPS) is 18.5. The zero-order valence-corrected chi connectivity index (χ0v) is 16.6. The van der Waals surface area contributed by atoms with E-state index in [0.717, 1.165) is 10.5 Å². The van der Waals surface area contributed by atoms with Crippen LogP contribution >= 0.6 is 11.6 Å². The first-order valence-electron chi connectivity index (χ1n) is 8.89. The lowest BCUT2D eigenvalue weighted by atomic mass is 9.92. The maximum atomic E-state index is 12.8. The van der Waals surface area contributed by atoms with Gasteiger partial charge in [-0.15, -0.1) is 0 Å². The molecular weight excluding hydrogens is 420 g/mol. The highest BCUT2D eigenvalue weighted by molar-refractivity contribution is 6.30. The standard InChI is InChI=1S/C20H18ClF2N3O4/c1-20(13-4-8-15(9-5-13)30-18(22)23)17(28)26(19(29)25-20)11-16(27)24-10-12-2-6-14(21)7-3-12/h2-9,18H,10-11H2,1H3,(H,24,27)(H,25,29). The van der Waals surface area contributed by atoms with Gasteiger partial charge in [0.2, 0.25) is 5.91 Å². The molecule has 0 radical (unpaired) electrons. The van der Waals surface area contributed by atoms with Crippen LogP contribution in [-0.4, -0.2) is 35.9 Å². The van der Waals surface area contributed by atoms with Gasteiger partial charge < -0.3 is 15.4 Å². The molecule has 10 heteroatoms. The van der Waals surface area contributed by atoms with E-state index in [9.17, 15) is 23.2 Å². The first-order valence-corrected chi connectivity index (χ1v) is 9.27. The number of halogens is 3. The number of nitrogens with zero attached hydrogens (tertiary/aromatic N) is 1. The summed E-state index contributed by atoms with van der Waals surface area (Å²) in [5, 5.41) is 5.75. The maximum absolute atomic E-state index is 12.8. The molecule has 0 spiro atoms. The molecule has 2 aromatic carbocycles. The number of ether oxygens (including phenoxy) is 1. The zero-order chi connectivity index (χ0) is 21.9. The fourth-order valence-electron chi connectivity index (χ4n) is 3.01. The molecule has 2 aromatic rings. The van der Waals surface area contributed by atoms with Crippen LogP contribution in [0.15, 0.2) is 48.5 Å². The second-order valence-electron chi connectivity index (χ2n) is 6.75. The molecule has 30 heavy (non-hydrogen) atoms. The van der Waals surface area contributed by atoms with Crippen molar-refractivity contribution in [3.05, 3.63) is 64.7 Å². The van der Waals surface area contributed by atoms with E-state index in [1.807, 2.05) is 0 Å². The number of rotatable bonds is 7. The second-order valence-corrected chi connectivity index (χ2v) is 7.19. The van der Waals surface area contributed by atoms with E-state index in [1.54, 1.807) is 24.3 Å². The van der Waals surface area contributed by atoms with Crippen molar-refractivity contribution in [2.24, 2.45) is 0 Å². The minimum absolute atomic E-state index is 0.0763. The summed E-state index contributed by atoms with van der Waals surface area (Å²) in [4.78, 5) is 38.2. The third-order valence-corrected chi connectivity index (χ3v) is 4.89. The van der Waals surface area contributed by atoms with Crippen molar-refractivity contribution in [2.45, 2.75) is 25.6 Å². The van der Waals surface area contributed by atoms with Crippen molar-refractivity contribution in [3.63, 3.8) is 0 Å². The fraction of sp³-hybridized carbons (Fsp3) is 0.250. The SMILES string of the molecule is CC1(c2ccc(OC(F)F)cc2)NC(=O)N(CC(=O)NCc2ccc(Cl)cc2)C1=O. The number of hydrogen-bond acceptors (Lipinski definition) is 4. The van der Waals surface area contributed by atoms with Gasteiger partial charge in [0, 0.05) is 11.6 Å². The summed E-state index contributed by atoms with van der Waals surface area (Å²) in [5.41, 5.74) is -0.260. The number of carbonyl (C=O) groups is 3. The average molecular weight is 438 g/mol. The number of nitrogens with one attached hydrogen (secondary N) is 2. The van der Waals surface area contributed by atoms with Gasteiger partial charge in [0.05, 0.1) is 0 Å². The molecule has 2 N–H and O–H groups in total. The van der Waals surface area contributed by atoms with Crippen molar-refractivity contribution in [3.8, 4) is 5.75 Å². The molecule has 0 aliphatic carbocycles. The predicted octanol–water partition coefficient (Wildman–Crippen LogP) is 3.02. The highest BCUT2D eigenvalue weighted by atomic mass is 35.5. The Morgan fingerprint density at radius 3 is 2.40 bits per heavy atom. The molecule has 1 aliphatic heterocycles. The van der Waals surface area contributed by atoms with Crippen molar-refractivity contribution < 1.29 is 27.9 Å². The minimum atomic E-state index is -2.97. The third kappa shape index (κ3) is 4.68. The zero-order valence-electron chi connectivity index (χ0n) is 15.8. The van der Waals surface area contributed by atoms with Gasteiger partial charge in [-0.3, -0.25) is 14.5 Å². The van der Waals surface area contributed by atoms with E-state index in [1.165, 1.54) is 31.2 Å². The van der Waals surface area contributed by atoms with Crippen molar-refractivity contribution in [1.29, 1.82) is 0 Å². The summed E-state index contributed by atoms with van der Waals surface area (Å²) in [7, 11) is 0. The minimum Gasteiger partial charge on any atom is -0.435 e. The number of urea groups is 1. The van der Waals surface area contributed by atoms with Crippen LogP contribution in [0.2, 0.25) is 5.02 Å². The van der Waals surface area contributed by atoms with E-state index in [2.05, 4.69) is 15.4 Å². The molecule has 0 bridgehead atoms. The largest absolute Gasteiger partial charge is 0.435 e. The van der Waals surface area contributed by atoms with Gasteiger partial charge in [0.1, 0.15) is 17.8 Å². The van der Waals surface area contributed by atoms with E-state index < -0.39 is 36.5 Å². The summed E-state index contributed by atoms with van der Waals surface area (Å²) in [5.74, 6) is -1.22. The summed E-state index contributed by atoms with van der Waals surface area (Å²) >= 11 is 5.81. The average Bonchev–Trinajstić information content (AvgIpc) is 2.91. The number of alkyl halides is 2. The molecule has 1 heterocycles. The Bertz CT molecular complexity index is 954. The molecule has 1 saturated heterocycles. The second kappa shape index (κ2) is 8.66. The van der Waals surface area contributed by atoms with Gasteiger partial charge in [-0.25, -0.2) is 4.79 Å². The van der Waals surface area contributed by atoms with Crippen LogP contribution in [0.3, 0.4) is 0 Å². The Hall–Kier alpha value is -3.20. The predicted molar refractivity (Wildman–Crippen MR) is 104 cm³/mol. The molecular formula is C20H18ClF2N3O4. The number of benzene rings is 2. The quantitative estimate of drug-likeness (QED) is 0.652. The number of hydrogen-bond donors (Lipinski definition) is 2. The number of imide groups is 1. The molecule has 0 aromatic heterocycles. The molecule has 158 valence electrons. The van der Waals surface area contributed by atoms with Gasteiger partial charge in [-0.05, 0) is 42.3 Å². The fourth-order valence-corrected chi connectivity index (χ4v) is 3.13. The molecule has 1 unspecified atom stereocenters. The summed E-state index contributed by atoms with van der Waals surface area (Å²) in [6, 6.07) is 11.5. The summed E-state index contributed by atoms with van der Waals surface area (Å²) in [6.07, 6.45) is 0. The molecule has 7 nitrogen and oxygen atoms in total. The van der Waals surface area contributed by atoms with Crippen molar-refractivity contribution in [1.82, 2.24) is 15.5 Å². The summed E-state index contributed by atoms with van der Waals surface area (Å²) < 4.78 is 28.9. The molecule has 3 rings (SSSR count). The maximum Gasteiger partial charge on any atom is 0.387 e. The van der Waals surface area contributed by atoms with E-state index in [4.69, 9.17) is 11.6 Å². The van der Waals surface area contributed by atoms with Gasteiger partial charge in [0.15, 0.2) is 0 Å². The molecule has 1 fully saturated rings. The van der Waals surface area contributed by atoms with Crippen LogP contribution in [0.5, 0.6) is 5.75 Å². The molecule has 1 atom stereocenters. The van der Waals surface area contributed by atoms with Crippen LogP contribution in [0.4, 0.5) is 13.6 Å². The Morgan fingerprint density at radius 2 is 1.80 bits per heavy atom. The Balaban J connectivity index is 1.64. The molecule has 1 aliphatic rings. The van der Waals surface area contributed by atoms with E-state index >= 15 is 0 Å². The smallest absolute Gasteiger partial charge is 0.387 e. The number of carbonyl (C=O) groups excluding carboxylic acids is 3. The van der Waals surface area contributed by atoms with Crippen LogP contribution in [0.1, 0.15) is 18.1 Å². The van der Waals surface area contributed by atoms with Gasteiger partial charge in [-0.1, -0.05) is 35.9 Å². The lowest BCUT2D eigenvalue weighted by molar-refractivity contribution is -0.134. The van der Waals surface area contributed by atoms with Crippen LogP contribution in [-0.2, 0) is 21.7 Å². The van der Waals surface area contributed by atoms with Gasteiger partial charge in [-0.2, -0.15) is 8.78 Å². The van der Waals surface area contributed by atoms with Crippen LogP contribution in [0.25, 0.3) is 0 Å². The monoisotopic (exact) mass is 437 g/mol. The van der Waals surface area contributed by atoms with Crippen LogP contribution < -0.4 is 15.4 Å². The first kappa shape index (κ1) is 21.5. The first-order chi connectivity index (χ1) is 14.2. The van der Waals surface area contributed by atoms with Crippen molar-refractivity contribution in [2.75, 3.05) is 6.54 Å². The van der Waals surface area contributed by atoms with E-state index in [0.29, 0.717) is 10.6 Å². The summed E-state index contributed by atoms with van der Waals surface area (Å²) in [6.45, 7) is -1.74. The Kier molecular flexibility index (Phi) is 6.21. The highest BCUT2D eigenvalue weighted by Crippen LogP contribution is 2.30. The highest BCUT2D eigenvalue weighted by Gasteiger charge is 2.49. The molecule has 4 amide bonds. The number of amides is 4.